The first-order valence-corrected chi connectivity index (χ1v) is 6.32. The monoisotopic (exact) mass is 252 g/mol. The molecule has 0 saturated heterocycles. The first kappa shape index (κ1) is 14.4. The van der Waals surface area contributed by atoms with Crippen LogP contribution < -0.4 is 5.56 Å². The Bertz CT molecular complexity index is 466. The first-order chi connectivity index (χ1) is 8.58. The average Bonchev–Trinajstić information content (AvgIpc) is 2.28. The second-order valence-corrected chi connectivity index (χ2v) is 4.13. The molecule has 0 atom stereocenters. The van der Waals surface area contributed by atoms with E-state index in [1.807, 2.05) is 6.92 Å². The van der Waals surface area contributed by atoms with Crippen molar-refractivity contribution >= 4 is 5.97 Å². The van der Waals surface area contributed by atoms with Gasteiger partial charge in [0.05, 0.1) is 6.61 Å². The van der Waals surface area contributed by atoms with E-state index in [4.69, 9.17) is 4.74 Å². The third-order valence-electron chi connectivity index (χ3n) is 2.64. The predicted octanol–water partition coefficient (Wildman–Crippen LogP) is 1.53. The van der Waals surface area contributed by atoms with Crippen molar-refractivity contribution < 1.29 is 9.53 Å². The zero-order valence-corrected chi connectivity index (χ0v) is 11.2. The van der Waals surface area contributed by atoms with Crippen LogP contribution in [0.3, 0.4) is 0 Å². The molecule has 0 bridgehead atoms. The molecular formula is C13H20N2O3. The van der Waals surface area contributed by atoms with Gasteiger partial charge >= 0.3 is 5.97 Å². The number of ether oxygens (including phenoxy) is 1. The van der Waals surface area contributed by atoms with Crippen LogP contribution in [0.25, 0.3) is 0 Å². The Morgan fingerprint density at radius 1 is 1.33 bits per heavy atom. The topological polar surface area (TPSA) is 72.0 Å². The maximum Gasteiger partial charge on any atom is 0.306 e. The molecule has 0 aromatic carbocycles. The Balaban J connectivity index is 2.77. The Morgan fingerprint density at radius 3 is 2.61 bits per heavy atom. The molecule has 0 fully saturated rings. The molecular weight excluding hydrogens is 232 g/mol. The first-order valence-electron chi connectivity index (χ1n) is 6.32. The number of H-pyrrole nitrogens is 1. The number of nitrogens with one attached hydrogen (secondary N) is 1. The maximum absolute atomic E-state index is 11.9. The van der Waals surface area contributed by atoms with Gasteiger partial charge in [-0.1, -0.05) is 6.92 Å². The zero-order chi connectivity index (χ0) is 13.5. The van der Waals surface area contributed by atoms with Gasteiger partial charge in [0.25, 0.3) is 5.56 Å². The quantitative estimate of drug-likeness (QED) is 0.779. The predicted molar refractivity (Wildman–Crippen MR) is 68.5 cm³/mol. The molecule has 0 aliphatic rings. The average molecular weight is 252 g/mol. The molecule has 5 nitrogen and oxygen atoms in total. The second-order valence-electron chi connectivity index (χ2n) is 4.13. The number of esters is 1. The van der Waals surface area contributed by atoms with Crippen LogP contribution in [-0.4, -0.2) is 22.5 Å². The summed E-state index contributed by atoms with van der Waals surface area (Å²) in [4.78, 5) is 30.2. The molecule has 0 aliphatic heterocycles. The molecule has 5 heteroatoms. The van der Waals surface area contributed by atoms with Gasteiger partial charge in [0.15, 0.2) is 0 Å². The molecule has 1 heterocycles. The summed E-state index contributed by atoms with van der Waals surface area (Å²) >= 11 is 0. The minimum absolute atomic E-state index is 0.143. The van der Waals surface area contributed by atoms with Crippen molar-refractivity contribution in [1.82, 2.24) is 9.97 Å². The Kier molecular flexibility index (Phi) is 5.55. The number of rotatable bonds is 6. The number of hydrogen-bond acceptors (Lipinski definition) is 4. The molecule has 0 unspecified atom stereocenters. The summed E-state index contributed by atoms with van der Waals surface area (Å²) in [6, 6.07) is 0. The molecule has 0 saturated carbocycles. The van der Waals surface area contributed by atoms with E-state index in [0.29, 0.717) is 30.1 Å². The van der Waals surface area contributed by atoms with Crippen molar-refractivity contribution in [3.63, 3.8) is 0 Å². The van der Waals surface area contributed by atoms with Crippen molar-refractivity contribution in [1.29, 1.82) is 0 Å². The van der Waals surface area contributed by atoms with Gasteiger partial charge < -0.3 is 9.72 Å². The SMILES string of the molecule is CCCc1nc(C)c(CCC(=O)OCC)c(=O)[nH]1. The third-order valence-corrected chi connectivity index (χ3v) is 2.64. The lowest BCUT2D eigenvalue weighted by Crippen LogP contribution is -2.20. The highest BCUT2D eigenvalue weighted by atomic mass is 16.5. The largest absolute Gasteiger partial charge is 0.466 e. The van der Waals surface area contributed by atoms with Gasteiger partial charge in [-0.25, -0.2) is 4.98 Å². The van der Waals surface area contributed by atoms with Crippen LogP contribution in [-0.2, 0) is 22.4 Å². The second kappa shape index (κ2) is 6.93. The van der Waals surface area contributed by atoms with Gasteiger partial charge in [-0.3, -0.25) is 9.59 Å². The number of carbonyl (C=O) groups excluding carboxylic acids is 1. The van der Waals surface area contributed by atoms with E-state index < -0.39 is 0 Å². The Hall–Kier alpha value is -1.65. The fourth-order valence-electron chi connectivity index (χ4n) is 1.78. The number of hydrogen-bond donors (Lipinski definition) is 1. The summed E-state index contributed by atoms with van der Waals surface area (Å²) < 4.78 is 4.83. The fourth-order valence-corrected chi connectivity index (χ4v) is 1.78. The van der Waals surface area contributed by atoms with E-state index in [2.05, 4.69) is 9.97 Å². The van der Waals surface area contributed by atoms with Gasteiger partial charge in [-0.05, 0) is 26.7 Å². The molecule has 1 N–H and O–H groups in total. The minimum Gasteiger partial charge on any atom is -0.466 e. The van der Waals surface area contributed by atoms with Crippen LogP contribution in [0.4, 0.5) is 0 Å². The smallest absolute Gasteiger partial charge is 0.306 e. The molecule has 0 spiro atoms. The normalized spacial score (nSPS) is 10.4. The lowest BCUT2D eigenvalue weighted by atomic mass is 10.1. The van der Waals surface area contributed by atoms with Crippen molar-refractivity contribution in [3.05, 3.63) is 27.4 Å². The standard InChI is InChI=1S/C13H20N2O3/c1-4-6-11-14-9(3)10(13(17)15-11)7-8-12(16)18-5-2/h4-8H2,1-3H3,(H,14,15,17). The summed E-state index contributed by atoms with van der Waals surface area (Å²) in [7, 11) is 0. The number of aromatic amines is 1. The summed E-state index contributed by atoms with van der Waals surface area (Å²) in [5.74, 6) is 0.425. The van der Waals surface area contributed by atoms with E-state index in [9.17, 15) is 9.59 Å². The molecule has 18 heavy (non-hydrogen) atoms. The van der Waals surface area contributed by atoms with Crippen LogP contribution in [0.5, 0.6) is 0 Å². The maximum atomic E-state index is 11.9. The number of aromatic nitrogens is 2. The summed E-state index contributed by atoms with van der Waals surface area (Å²) in [6.45, 7) is 5.96. The van der Waals surface area contributed by atoms with E-state index in [1.54, 1.807) is 13.8 Å². The molecule has 1 aromatic heterocycles. The zero-order valence-electron chi connectivity index (χ0n) is 11.2. The lowest BCUT2D eigenvalue weighted by Gasteiger charge is -2.06. The van der Waals surface area contributed by atoms with Crippen molar-refractivity contribution in [2.24, 2.45) is 0 Å². The van der Waals surface area contributed by atoms with Crippen LogP contribution in [0.2, 0.25) is 0 Å². The van der Waals surface area contributed by atoms with Crippen LogP contribution in [0.15, 0.2) is 4.79 Å². The molecule has 0 radical (unpaired) electrons. The summed E-state index contributed by atoms with van der Waals surface area (Å²) in [5, 5.41) is 0. The van der Waals surface area contributed by atoms with Crippen LogP contribution in [0, 0.1) is 6.92 Å². The highest BCUT2D eigenvalue weighted by Gasteiger charge is 2.10. The van der Waals surface area contributed by atoms with Gasteiger partial charge in [-0.2, -0.15) is 0 Å². The lowest BCUT2D eigenvalue weighted by molar-refractivity contribution is -0.143. The summed E-state index contributed by atoms with van der Waals surface area (Å²) in [5.41, 5.74) is 1.13. The molecule has 1 aromatic rings. The van der Waals surface area contributed by atoms with E-state index in [-0.39, 0.29) is 17.9 Å². The molecule has 0 aliphatic carbocycles. The molecule has 100 valence electrons. The third kappa shape index (κ3) is 3.98. The van der Waals surface area contributed by atoms with Gasteiger partial charge in [0.1, 0.15) is 5.82 Å². The van der Waals surface area contributed by atoms with Crippen molar-refractivity contribution in [2.45, 2.75) is 46.5 Å². The molecule has 0 amide bonds. The Morgan fingerprint density at radius 2 is 2.06 bits per heavy atom. The highest BCUT2D eigenvalue weighted by Crippen LogP contribution is 2.04. The van der Waals surface area contributed by atoms with Crippen molar-refractivity contribution in [3.8, 4) is 0 Å². The minimum atomic E-state index is -0.283. The van der Waals surface area contributed by atoms with Crippen LogP contribution >= 0.6 is 0 Å². The number of carbonyl (C=O) groups is 1. The van der Waals surface area contributed by atoms with Crippen LogP contribution in [0.1, 0.15) is 43.8 Å². The van der Waals surface area contributed by atoms with E-state index in [0.717, 1.165) is 12.8 Å². The van der Waals surface area contributed by atoms with Gasteiger partial charge in [-0.15, -0.1) is 0 Å². The molecule has 1 rings (SSSR count). The highest BCUT2D eigenvalue weighted by molar-refractivity contribution is 5.69. The van der Waals surface area contributed by atoms with Gasteiger partial charge in [0, 0.05) is 24.1 Å². The number of nitrogens with zero attached hydrogens (tertiary/aromatic N) is 1. The summed E-state index contributed by atoms with van der Waals surface area (Å²) in [6.07, 6.45) is 2.28. The van der Waals surface area contributed by atoms with E-state index >= 15 is 0 Å². The van der Waals surface area contributed by atoms with E-state index in [1.165, 1.54) is 0 Å². The van der Waals surface area contributed by atoms with Crippen molar-refractivity contribution in [2.75, 3.05) is 6.61 Å². The fraction of sp³-hybridized carbons (Fsp3) is 0.615. The van der Waals surface area contributed by atoms with Gasteiger partial charge in [0.2, 0.25) is 0 Å². The Labute approximate surface area is 107 Å². The number of aryl methyl sites for hydroxylation is 2.